The molecule has 0 fully saturated rings. The number of benzene rings is 1. The minimum absolute atomic E-state index is 0.495. The molecule has 0 aliphatic heterocycles. The van der Waals surface area contributed by atoms with E-state index in [9.17, 15) is 4.79 Å². The maximum absolute atomic E-state index is 10.1. The fourth-order valence-electron chi connectivity index (χ4n) is 0.916. The summed E-state index contributed by atoms with van der Waals surface area (Å²) >= 11 is 2.23. The number of carbonyl (C=O) groups excluding carboxylic acids is 1. The van der Waals surface area contributed by atoms with Crippen molar-refractivity contribution in [2.75, 3.05) is 0 Å². The lowest BCUT2D eigenvalue weighted by Gasteiger charge is -2.02. The summed E-state index contributed by atoms with van der Waals surface area (Å²) in [7, 11) is 0. The van der Waals surface area contributed by atoms with Crippen LogP contribution in [0.5, 0.6) is 0 Å². The molecule has 0 heterocycles. The van der Waals surface area contributed by atoms with E-state index < -0.39 is 6.04 Å². The second-order valence-corrected chi connectivity index (χ2v) is 3.80. The van der Waals surface area contributed by atoms with E-state index >= 15 is 0 Å². The monoisotopic (exact) mass is 274 g/mol. The molecule has 63 valence electrons. The van der Waals surface area contributed by atoms with E-state index in [0.29, 0.717) is 6.42 Å². The van der Waals surface area contributed by atoms with Gasteiger partial charge in [0.1, 0.15) is 0 Å². The number of hydrogen-bond acceptors (Lipinski definition) is 2. The Kier molecular flexibility index (Phi) is 3.68. The second kappa shape index (κ2) is 4.57. The molecule has 0 aliphatic carbocycles. The van der Waals surface area contributed by atoms with E-state index in [1.165, 1.54) is 3.57 Å². The van der Waals surface area contributed by atoms with Crippen molar-refractivity contribution in [3.8, 4) is 0 Å². The Morgan fingerprint density at radius 3 is 2.50 bits per heavy atom. The SMILES string of the molecule is N[C@H]([C]=O)Cc1ccc(I)cc1. The second-order valence-electron chi connectivity index (χ2n) is 2.55. The van der Waals surface area contributed by atoms with Gasteiger partial charge >= 0.3 is 0 Å². The van der Waals surface area contributed by atoms with Gasteiger partial charge in [0.25, 0.3) is 0 Å². The van der Waals surface area contributed by atoms with Crippen LogP contribution in [0.3, 0.4) is 0 Å². The summed E-state index contributed by atoms with van der Waals surface area (Å²) < 4.78 is 1.18. The average Bonchev–Trinajstić information content (AvgIpc) is 2.09. The standard InChI is InChI=1S/C9H9INO/c10-8-3-1-7(2-4-8)5-9(11)6-12/h1-4,9H,5,11H2/t9-/m0/s1. The lowest BCUT2D eigenvalue weighted by atomic mass is 10.1. The van der Waals surface area contributed by atoms with Gasteiger partial charge in [0.2, 0.25) is 6.29 Å². The molecule has 0 aliphatic rings. The van der Waals surface area contributed by atoms with Gasteiger partial charge in [-0.1, -0.05) is 12.1 Å². The minimum atomic E-state index is -0.495. The number of hydrogen-bond donors (Lipinski definition) is 1. The predicted molar refractivity (Wildman–Crippen MR) is 56.5 cm³/mol. The Morgan fingerprint density at radius 1 is 1.42 bits per heavy atom. The van der Waals surface area contributed by atoms with Crippen LogP contribution in [0.25, 0.3) is 0 Å². The minimum Gasteiger partial charge on any atom is -0.321 e. The Labute approximate surface area is 85.3 Å². The van der Waals surface area contributed by atoms with Crippen LogP contribution in [0.15, 0.2) is 24.3 Å². The first-order valence-electron chi connectivity index (χ1n) is 3.60. The third-order valence-electron chi connectivity index (χ3n) is 1.52. The summed E-state index contributed by atoms with van der Waals surface area (Å²) in [5.74, 6) is 0. The van der Waals surface area contributed by atoms with Gasteiger partial charge in [0, 0.05) is 3.57 Å². The van der Waals surface area contributed by atoms with Gasteiger partial charge in [-0.15, -0.1) is 0 Å². The third-order valence-corrected chi connectivity index (χ3v) is 2.24. The molecular weight excluding hydrogens is 265 g/mol. The van der Waals surface area contributed by atoms with Crippen molar-refractivity contribution >= 4 is 28.9 Å². The summed E-state index contributed by atoms with van der Waals surface area (Å²) in [6.07, 6.45) is 2.32. The molecule has 0 amide bonds. The van der Waals surface area contributed by atoms with Gasteiger partial charge < -0.3 is 5.73 Å². The highest BCUT2D eigenvalue weighted by molar-refractivity contribution is 14.1. The van der Waals surface area contributed by atoms with Crippen LogP contribution in [-0.4, -0.2) is 12.3 Å². The fraction of sp³-hybridized carbons (Fsp3) is 0.222. The first-order chi connectivity index (χ1) is 5.72. The van der Waals surface area contributed by atoms with Crippen LogP contribution < -0.4 is 5.73 Å². The zero-order valence-electron chi connectivity index (χ0n) is 6.46. The molecular formula is C9H9INO. The maximum atomic E-state index is 10.1. The molecule has 0 aromatic heterocycles. The quantitative estimate of drug-likeness (QED) is 0.843. The zero-order chi connectivity index (χ0) is 8.97. The van der Waals surface area contributed by atoms with Crippen molar-refractivity contribution in [3.63, 3.8) is 0 Å². The summed E-state index contributed by atoms with van der Waals surface area (Å²) in [6.45, 7) is 0. The van der Waals surface area contributed by atoms with Crippen LogP contribution in [0.4, 0.5) is 0 Å². The molecule has 0 saturated heterocycles. The van der Waals surface area contributed by atoms with Crippen LogP contribution >= 0.6 is 22.6 Å². The highest BCUT2D eigenvalue weighted by Gasteiger charge is 2.01. The summed E-state index contributed by atoms with van der Waals surface area (Å²) in [6, 6.07) is 7.43. The molecule has 2 nitrogen and oxygen atoms in total. The van der Waals surface area contributed by atoms with Crippen LogP contribution in [0.1, 0.15) is 5.56 Å². The van der Waals surface area contributed by atoms with Crippen molar-refractivity contribution in [3.05, 3.63) is 33.4 Å². The van der Waals surface area contributed by atoms with Gasteiger partial charge in [0.05, 0.1) is 6.04 Å². The van der Waals surface area contributed by atoms with Crippen LogP contribution in [-0.2, 0) is 11.2 Å². The summed E-state index contributed by atoms with van der Waals surface area (Å²) in [5, 5.41) is 0. The molecule has 2 N–H and O–H groups in total. The molecule has 0 bridgehead atoms. The van der Waals surface area contributed by atoms with Gasteiger partial charge in [-0.3, -0.25) is 4.79 Å². The van der Waals surface area contributed by atoms with Crippen LogP contribution in [0, 0.1) is 3.57 Å². The fourth-order valence-corrected chi connectivity index (χ4v) is 1.28. The van der Waals surface area contributed by atoms with E-state index in [-0.39, 0.29) is 0 Å². The molecule has 12 heavy (non-hydrogen) atoms. The van der Waals surface area contributed by atoms with Crippen molar-refractivity contribution in [1.29, 1.82) is 0 Å². The molecule has 3 heteroatoms. The van der Waals surface area contributed by atoms with Crippen LogP contribution in [0.2, 0.25) is 0 Å². The highest BCUT2D eigenvalue weighted by atomic mass is 127. The zero-order valence-corrected chi connectivity index (χ0v) is 8.61. The third kappa shape index (κ3) is 2.91. The highest BCUT2D eigenvalue weighted by Crippen LogP contribution is 2.07. The van der Waals surface area contributed by atoms with Gasteiger partial charge in [-0.2, -0.15) is 0 Å². The average molecular weight is 274 g/mol. The van der Waals surface area contributed by atoms with E-state index in [4.69, 9.17) is 5.73 Å². The van der Waals surface area contributed by atoms with E-state index in [2.05, 4.69) is 22.6 Å². The first-order valence-corrected chi connectivity index (χ1v) is 4.68. The molecule has 0 spiro atoms. The lowest BCUT2D eigenvalue weighted by molar-refractivity contribution is 0.541. The molecule has 0 unspecified atom stereocenters. The molecule has 1 rings (SSSR count). The van der Waals surface area contributed by atoms with Gasteiger partial charge in [0.15, 0.2) is 0 Å². The smallest absolute Gasteiger partial charge is 0.217 e. The van der Waals surface area contributed by atoms with Crippen molar-refractivity contribution in [1.82, 2.24) is 0 Å². The summed E-state index contributed by atoms with van der Waals surface area (Å²) in [4.78, 5) is 10.1. The van der Waals surface area contributed by atoms with Gasteiger partial charge in [-0.05, 0) is 46.7 Å². The van der Waals surface area contributed by atoms with Gasteiger partial charge in [-0.25, -0.2) is 0 Å². The molecule has 1 aromatic carbocycles. The Hall–Kier alpha value is -0.420. The first kappa shape index (κ1) is 9.67. The molecule has 1 aromatic rings. The molecule has 0 saturated carbocycles. The lowest BCUT2D eigenvalue weighted by Crippen LogP contribution is -2.23. The largest absolute Gasteiger partial charge is 0.321 e. The summed E-state index contributed by atoms with van der Waals surface area (Å²) in [5.41, 5.74) is 6.49. The Morgan fingerprint density at radius 2 is 2.00 bits per heavy atom. The van der Waals surface area contributed by atoms with E-state index in [0.717, 1.165) is 5.56 Å². The number of halogens is 1. The van der Waals surface area contributed by atoms with E-state index in [1.807, 2.05) is 24.3 Å². The topological polar surface area (TPSA) is 43.1 Å². The van der Waals surface area contributed by atoms with Crippen molar-refractivity contribution in [2.24, 2.45) is 5.73 Å². The number of rotatable bonds is 3. The normalized spacial score (nSPS) is 12.5. The maximum Gasteiger partial charge on any atom is 0.217 e. The number of nitrogens with two attached hydrogens (primary N) is 1. The van der Waals surface area contributed by atoms with Crippen molar-refractivity contribution < 1.29 is 4.79 Å². The Balaban J connectivity index is 2.64. The predicted octanol–water partition coefficient (Wildman–Crippen LogP) is 1.27. The van der Waals surface area contributed by atoms with Crippen molar-refractivity contribution in [2.45, 2.75) is 12.5 Å². The van der Waals surface area contributed by atoms with E-state index in [1.54, 1.807) is 6.29 Å². The molecule has 1 atom stereocenters. The Bertz CT molecular complexity index is 258. The molecule has 1 radical (unpaired) electrons.